The lowest BCUT2D eigenvalue weighted by molar-refractivity contribution is 0.668. The minimum Gasteiger partial charge on any atom is -0.456 e. The molecule has 0 unspecified atom stereocenters. The van der Waals surface area contributed by atoms with E-state index >= 15 is 0 Å². The summed E-state index contributed by atoms with van der Waals surface area (Å²) in [5, 5.41) is 6.81. The Morgan fingerprint density at radius 2 is 0.778 bits per heavy atom. The lowest BCUT2D eigenvalue weighted by Crippen LogP contribution is -2.00. The molecule has 10 aromatic rings. The second-order valence-corrected chi connectivity index (χ2v) is 12.3. The van der Waals surface area contributed by atoms with Gasteiger partial charge in [-0.15, -0.1) is 11.3 Å². The summed E-state index contributed by atoms with van der Waals surface area (Å²) in [5.41, 5.74) is 5.97. The van der Waals surface area contributed by atoms with Crippen molar-refractivity contribution in [2.45, 2.75) is 0 Å². The highest BCUT2D eigenvalue weighted by Gasteiger charge is 2.17. The molecule has 0 radical (unpaired) electrons. The van der Waals surface area contributed by atoms with Crippen molar-refractivity contribution >= 4 is 75.4 Å². The maximum Gasteiger partial charge on any atom is 0.164 e. The van der Waals surface area contributed by atoms with E-state index in [1.165, 1.54) is 20.2 Å². The fourth-order valence-corrected chi connectivity index (χ4v) is 7.50. The summed E-state index contributed by atoms with van der Waals surface area (Å²) in [6, 6.07) is 43.5. The van der Waals surface area contributed by atoms with Gasteiger partial charge in [-0.2, -0.15) is 0 Å². The number of hydrogen-bond donors (Lipinski definition) is 0. The van der Waals surface area contributed by atoms with Crippen LogP contribution in [0.3, 0.4) is 0 Å². The molecule has 0 aliphatic carbocycles. The summed E-state index contributed by atoms with van der Waals surface area (Å²) < 4.78 is 14.9. The number of nitrogens with zero attached hydrogens (tertiary/aromatic N) is 3. The van der Waals surface area contributed by atoms with Crippen molar-refractivity contribution in [3.8, 4) is 34.2 Å². The van der Waals surface area contributed by atoms with Crippen molar-refractivity contribution in [2.75, 3.05) is 0 Å². The third-order valence-corrected chi connectivity index (χ3v) is 9.68. The van der Waals surface area contributed by atoms with Gasteiger partial charge in [0.05, 0.1) is 0 Å². The van der Waals surface area contributed by atoms with Gasteiger partial charge < -0.3 is 8.83 Å². The highest BCUT2D eigenvalue weighted by Crippen LogP contribution is 2.38. The van der Waals surface area contributed by atoms with E-state index in [-0.39, 0.29) is 0 Å². The highest BCUT2D eigenvalue weighted by atomic mass is 32.1. The largest absolute Gasteiger partial charge is 0.456 e. The highest BCUT2D eigenvalue weighted by molar-refractivity contribution is 7.25. The maximum atomic E-state index is 6.22. The van der Waals surface area contributed by atoms with Gasteiger partial charge in [0.1, 0.15) is 22.3 Å². The molecule has 0 N–H and O–H groups in total. The molecule has 0 aliphatic rings. The van der Waals surface area contributed by atoms with Gasteiger partial charge in [-0.25, -0.2) is 15.0 Å². The van der Waals surface area contributed by atoms with Crippen LogP contribution in [0.25, 0.3) is 98.2 Å². The number of thiophene rings is 1. The van der Waals surface area contributed by atoms with Gasteiger partial charge in [0.2, 0.25) is 0 Å². The van der Waals surface area contributed by atoms with Crippen molar-refractivity contribution in [3.05, 3.63) is 127 Å². The number of aromatic nitrogens is 3. The Bertz CT molecular complexity index is 2470. The van der Waals surface area contributed by atoms with E-state index < -0.39 is 0 Å². The average Bonchev–Trinajstić information content (AvgIpc) is 3.78. The Balaban J connectivity index is 1.18. The second-order valence-electron chi connectivity index (χ2n) is 11.2. The molecule has 0 fully saturated rings. The fourth-order valence-electron chi connectivity index (χ4n) is 6.36. The van der Waals surface area contributed by atoms with Gasteiger partial charge in [0.25, 0.3) is 0 Å². The quantitative estimate of drug-likeness (QED) is 0.203. The molecule has 6 aromatic carbocycles. The fraction of sp³-hybridized carbons (Fsp3) is 0. The van der Waals surface area contributed by atoms with Gasteiger partial charge in [0.15, 0.2) is 17.5 Å². The molecule has 6 heteroatoms. The van der Waals surface area contributed by atoms with Crippen molar-refractivity contribution in [2.24, 2.45) is 0 Å². The molecule has 10 rings (SSSR count). The molecule has 4 aromatic heterocycles. The smallest absolute Gasteiger partial charge is 0.164 e. The van der Waals surface area contributed by atoms with Crippen LogP contribution in [0, 0.1) is 0 Å². The van der Waals surface area contributed by atoms with Gasteiger partial charge in [0, 0.05) is 58.4 Å². The predicted molar refractivity (Wildman–Crippen MR) is 184 cm³/mol. The number of rotatable bonds is 3. The van der Waals surface area contributed by atoms with E-state index in [0.29, 0.717) is 17.5 Å². The van der Waals surface area contributed by atoms with E-state index in [9.17, 15) is 0 Å². The number of para-hydroxylation sites is 2. The van der Waals surface area contributed by atoms with E-state index in [0.717, 1.165) is 60.6 Å². The molecular weight excluding hydrogens is 575 g/mol. The number of fused-ring (bicyclic) bond motifs is 9. The number of furan rings is 2. The summed E-state index contributed by atoms with van der Waals surface area (Å²) in [6.07, 6.45) is 0. The van der Waals surface area contributed by atoms with Gasteiger partial charge in [-0.1, -0.05) is 78.9 Å². The van der Waals surface area contributed by atoms with E-state index in [1.807, 2.05) is 48.5 Å². The Labute approximate surface area is 260 Å². The summed E-state index contributed by atoms with van der Waals surface area (Å²) in [6.45, 7) is 0. The molecule has 4 heterocycles. The molecule has 0 spiro atoms. The lowest BCUT2D eigenvalue weighted by atomic mass is 10.1. The third kappa shape index (κ3) is 3.83. The molecule has 0 bridgehead atoms. The van der Waals surface area contributed by atoms with Crippen molar-refractivity contribution in [1.82, 2.24) is 15.0 Å². The first-order valence-electron chi connectivity index (χ1n) is 14.8. The van der Waals surface area contributed by atoms with Crippen LogP contribution in [-0.4, -0.2) is 15.0 Å². The molecule has 0 atom stereocenters. The van der Waals surface area contributed by atoms with Crippen molar-refractivity contribution in [1.29, 1.82) is 0 Å². The molecule has 0 amide bonds. The summed E-state index contributed by atoms with van der Waals surface area (Å²) >= 11 is 1.78. The zero-order chi connectivity index (χ0) is 29.5. The minimum absolute atomic E-state index is 0.582. The van der Waals surface area contributed by atoms with Gasteiger partial charge in [-0.05, 0) is 48.5 Å². The summed E-state index contributed by atoms with van der Waals surface area (Å²) in [4.78, 5) is 15.1. The van der Waals surface area contributed by atoms with E-state index in [1.54, 1.807) is 11.3 Å². The second kappa shape index (κ2) is 9.32. The number of benzene rings is 6. The van der Waals surface area contributed by atoms with Crippen LogP contribution in [0.4, 0.5) is 0 Å². The first kappa shape index (κ1) is 24.6. The van der Waals surface area contributed by atoms with Crippen LogP contribution in [0.5, 0.6) is 0 Å². The Kier molecular flexibility index (Phi) is 5.09. The molecule has 0 aliphatic heterocycles. The molecule has 5 nitrogen and oxygen atoms in total. The Morgan fingerprint density at radius 3 is 1.36 bits per heavy atom. The van der Waals surface area contributed by atoms with E-state index in [4.69, 9.17) is 23.8 Å². The standard InChI is InChI=1S/C39H21N3O2S/c1-4-10-31-25(7-1)27-16-13-22(19-33(27)43-31)37-40-38(23-14-17-28-26-8-2-5-11-32(26)44-34(28)20-23)42-39(41-37)24-15-18-30-29-9-3-6-12-35(29)45-36(30)21-24/h1-21H. The molecule has 45 heavy (non-hydrogen) atoms. The Morgan fingerprint density at radius 1 is 0.356 bits per heavy atom. The third-order valence-electron chi connectivity index (χ3n) is 8.55. The van der Waals surface area contributed by atoms with Crippen LogP contribution in [0.2, 0.25) is 0 Å². The summed E-state index contributed by atoms with van der Waals surface area (Å²) in [7, 11) is 0. The Hall–Kier alpha value is -5.85. The molecular formula is C39H21N3O2S. The maximum absolute atomic E-state index is 6.22. The van der Waals surface area contributed by atoms with Gasteiger partial charge in [-0.3, -0.25) is 0 Å². The molecule has 210 valence electrons. The van der Waals surface area contributed by atoms with Crippen molar-refractivity contribution in [3.63, 3.8) is 0 Å². The average molecular weight is 596 g/mol. The predicted octanol–water partition coefficient (Wildman–Crippen LogP) is 11.0. The monoisotopic (exact) mass is 595 g/mol. The minimum atomic E-state index is 0.582. The van der Waals surface area contributed by atoms with Crippen LogP contribution < -0.4 is 0 Å². The zero-order valence-electron chi connectivity index (χ0n) is 23.7. The first-order valence-corrected chi connectivity index (χ1v) is 15.6. The van der Waals surface area contributed by atoms with E-state index in [2.05, 4.69) is 78.9 Å². The SMILES string of the molecule is c1ccc2c(c1)oc1cc(-c3nc(-c4ccc5c(c4)oc4ccccc45)nc(-c4ccc5c(c4)sc4ccccc45)n3)ccc12. The topological polar surface area (TPSA) is 65.0 Å². The van der Waals surface area contributed by atoms with Crippen LogP contribution in [0.1, 0.15) is 0 Å². The summed E-state index contributed by atoms with van der Waals surface area (Å²) in [5.74, 6) is 1.78. The molecule has 0 saturated heterocycles. The lowest BCUT2D eigenvalue weighted by Gasteiger charge is -2.09. The van der Waals surface area contributed by atoms with Gasteiger partial charge >= 0.3 is 0 Å². The van der Waals surface area contributed by atoms with Crippen molar-refractivity contribution < 1.29 is 8.83 Å². The van der Waals surface area contributed by atoms with Crippen LogP contribution in [-0.2, 0) is 0 Å². The normalized spacial score (nSPS) is 12.0. The molecule has 0 saturated carbocycles. The zero-order valence-corrected chi connectivity index (χ0v) is 24.5. The van der Waals surface area contributed by atoms with Crippen LogP contribution >= 0.6 is 11.3 Å². The van der Waals surface area contributed by atoms with Crippen LogP contribution in [0.15, 0.2) is 136 Å². The number of hydrogen-bond acceptors (Lipinski definition) is 6. The first-order chi connectivity index (χ1) is 22.2.